The molecule has 0 aliphatic heterocycles. The van der Waals surface area contributed by atoms with Gasteiger partial charge in [0, 0.05) is 16.8 Å². The number of oxime groups is 1. The number of rotatable bonds is 5. The fourth-order valence-electron chi connectivity index (χ4n) is 1.75. The van der Waals surface area contributed by atoms with Crippen LogP contribution >= 0.6 is 23.2 Å². The second-order valence-corrected chi connectivity index (χ2v) is 5.61. The molecule has 2 rings (SSSR count). The minimum absolute atomic E-state index is 0.0880. The molecule has 0 bridgehead atoms. The van der Waals surface area contributed by atoms with Crippen LogP contribution in [-0.2, 0) is 15.7 Å². The van der Waals surface area contributed by atoms with Crippen molar-refractivity contribution in [1.29, 1.82) is 0 Å². The fourth-order valence-corrected chi connectivity index (χ4v) is 2.08. The van der Waals surface area contributed by atoms with E-state index in [4.69, 9.17) is 32.8 Å². The summed E-state index contributed by atoms with van der Waals surface area (Å²) in [6.45, 7) is 1.69. The van der Waals surface area contributed by atoms with Gasteiger partial charge < -0.3 is 9.57 Å². The van der Waals surface area contributed by atoms with Crippen LogP contribution in [0.2, 0.25) is 10.0 Å². The van der Waals surface area contributed by atoms with Gasteiger partial charge in [-0.05, 0) is 25.1 Å². The van der Waals surface area contributed by atoms with Crippen molar-refractivity contribution in [3.8, 4) is 5.88 Å². The molecule has 1 aromatic heterocycles. The molecule has 0 aliphatic rings. The number of hydrogen-bond acceptors (Lipinski definition) is 5. The van der Waals surface area contributed by atoms with E-state index < -0.39 is 28.6 Å². The first kappa shape index (κ1) is 20.0. The summed E-state index contributed by atoms with van der Waals surface area (Å²) in [7, 11) is 0. The summed E-state index contributed by atoms with van der Waals surface area (Å²) in [6.07, 6.45) is -4.05. The van der Waals surface area contributed by atoms with Gasteiger partial charge in [0.1, 0.15) is 5.02 Å². The molecule has 0 N–H and O–H groups in total. The second-order valence-electron chi connectivity index (χ2n) is 4.77. The highest BCUT2D eigenvalue weighted by molar-refractivity contribution is 6.43. The van der Waals surface area contributed by atoms with Crippen LogP contribution in [0.15, 0.2) is 41.7 Å². The predicted molar refractivity (Wildman–Crippen MR) is 89.5 cm³/mol. The molecule has 1 heterocycles. The molecule has 0 spiro atoms. The SMILES string of the molecule is CCOC(=O)/C(=N/Oc1ncc(C(F)(F)F)cc1Cl)c1ccc(Cl)cc1. The van der Waals surface area contributed by atoms with E-state index in [-0.39, 0.29) is 12.3 Å². The first-order chi connectivity index (χ1) is 12.2. The highest BCUT2D eigenvalue weighted by Crippen LogP contribution is 2.33. The normalized spacial score (nSPS) is 12.0. The zero-order chi connectivity index (χ0) is 19.3. The zero-order valence-electron chi connectivity index (χ0n) is 13.2. The van der Waals surface area contributed by atoms with Crippen molar-refractivity contribution in [2.24, 2.45) is 5.16 Å². The summed E-state index contributed by atoms with van der Waals surface area (Å²) in [5.41, 5.74) is -0.931. The Morgan fingerprint density at radius 2 is 1.88 bits per heavy atom. The molecular formula is C16H11Cl2F3N2O3. The van der Waals surface area contributed by atoms with Crippen LogP contribution in [0, 0.1) is 0 Å². The topological polar surface area (TPSA) is 60.8 Å². The molecule has 0 saturated carbocycles. The number of ether oxygens (including phenoxy) is 1. The second kappa shape index (κ2) is 8.37. The van der Waals surface area contributed by atoms with E-state index in [2.05, 4.69) is 10.1 Å². The largest absolute Gasteiger partial charge is 0.461 e. The average molecular weight is 407 g/mol. The Hall–Kier alpha value is -2.32. The average Bonchev–Trinajstić information content (AvgIpc) is 2.57. The van der Waals surface area contributed by atoms with E-state index in [0.29, 0.717) is 22.8 Å². The van der Waals surface area contributed by atoms with Gasteiger partial charge in [-0.2, -0.15) is 13.2 Å². The molecule has 5 nitrogen and oxygen atoms in total. The monoisotopic (exact) mass is 406 g/mol. The third-order valence-electron chi connectivity index (χ3n) is 2.94. The number of esters is 1. The van der Waals surface area contributed by atoms with Crippen LogP contribution in [0.5, 0.6) is 5.88 Å². The van der Waals surface area contributed by atoms with Crippen LogP contribution in [0.1, 0.15) is 18.1 Å². The lowest BCUT2D eigenvalue weighted by Gasteiger charge is -2.09. The third-order valence-corrected chi connectivity index (χ3v) is 3.47. The zero-order valence-corrected chi connectivity index (χ0v) is 14.7. The fraction of sp³-hybridized carbons (Fsp3) is 0.188. The summed E-state index contributed by atoms with van der Waals surface area (Å²) in [6, 6.07) is 6.70. The van der Waals surface area contributed by atoms with E-state index in [1.54, 1.807) is 6.92 Å². The first-order valence-corrected chi connectivity index (χ1v) is 7.88. The molecule has 0 atom stereocenters. The van der Waals surface area contributed by atoms with Crippen molar-refractivity contribution < 1.29 is 27.5 Å². The van der Waals surface area contributed by atoms with E-state index in [1.165, 1.54) is 24.3 Å². The molecule has 0 amide bonds. The molecule has 10 heteroatoms. The Bertz CT molecular complexity index is 824. The van der Waals surface area contributed by atoms with E-state index in [1.807, 2.05) is 0 Å². The number of alkyl halides is 3. The molecule has 0 aliphatic carbocycles. The van der Waals surface area contributed by atoms with Gasteiger partial charge in [0.2, 0.25) is 0 Å². The number of pyridine rings is 1. The van der Waals surface area contributed by atoms with Crippen LogP contribution in [0.4, 0.5) is 13.2 Å². The maximum atomic E-state index is 12.6. The smallest absolute Gasteiger partial charge is 0.417 e. The minimum Gasteiger partial charge on any atom is -0.461 e. The number of halogens is 5. The molecule has 0 radical (unpaired) electrons. The van der Waals surface area contributed by atoms with Gasteiger partial charge in [0.15, 0.2) is 5.71 Å². The predicted octanol–water partition coefficient (Wildman–Crippen LogP) is 4.75. The lowest BCUT2D eigenvalue weighted by molar-refractivity contribution is -0.138. The highest BCUT2D eigenvalue weighted by atomic mass is 35.5. The van der Waals surface area contributed by atoms with Crippen LogP contribution in [0.25, 0.3) is 0 Å². The van der Waals surface area contributed by atoms with Gasteiger partial charge >= 0.3 is 12.1 Å². The molecule has 2 aromatic rings. The molecular weight excluding hydrogens is 396 g/mol. The van der Waals surface area contributed by atoms with Crippen molar-refractivity contribution in [3.63, 3.8) is 0 Å². The summed E-state index contributed by atoms with van der Waals surface area (Å²) in [5, 5.41) is 3.66. The molecule has 138 valence electrons. The first-order valence-electron chi connectivity index (χ1n) is 7.13. The van der Waals surface area contributed by atoms with Gasteiger partial charge in [-0.15, -0.1) is 0 Å². The Kier molecular flexibility index (Phi) is 6.44. The van der Waals surface area contributed by atoms with Gasteiger partial charge in [-0.25, -0.2) is 9.78 Å². The number of carbonyl (C=O) groups excluding carboxylic acids is 1. The van der Waals surface area contributed by atoms with Crippen molar-refractivity contribution in [3.05, 3.63) is 57.7 Å². The Morgan fingerprint density at radius 3 is 2.42 bits per heavy atom. The maximum Gasteiger partial charge on any atom is 0.417 e. The van der Waals surface area contributed by atoms with E-state index in [9.17, 15) is 18.0 Å². The lowest BCUT2D eigenvalue weighted by atomic mass is 10.1. The summed E-state index contributed by atoms with van der Waals surface area (Å²) >= 11 is 11.5. The van der Waals surface area contributed by atoms with Crippen molar-refractivity contribution in [1.82, 2.24) is 4.98 Å². The van der Waals surface area contributed by atoms with Gasteiger partial charge in [-0.1, -0.05) is 40.5 Å². The number of nitrogens with zero attached hydrogens (tertiary/aromatic N) is 2. The van der Waals surface area contributed by atoms with Crippen LogP contribution in [-0.4, -0.2) is 23.3 Å². The molecule has 26 heavy (non-hydrogen) atoms. The van der Waals surface area contributed by atoms with Gasteiger partial charge in [0.05, 0.1) is 12.2 Å². The summed E-state index contributed by atoms with van der Waals surface area (Å²) in [5.74, 6) is -1.19. The Labute approximate surface area is 156 Å². The Balaban J connectivity index is 2.33. The van der Waals surface area contributed by atoms with Gasteiger partial charge in [-0.3, -0.25) is 0 Å². The Morgan fingerprint density at radius 1 is 1.23 bits per heavy atom. The van der Waals surface area contributed by atoms with Crippen LogP contribution < -0.4 is 4.84 Å². The molecule has 0 unspecified atom stereocenters. The van der Waals surface area contributed by atoms with Gasteiger partial charge in [0.25, 0.3) is 5.88 Å². The summed E-state index contributed by atoms with van der Waals surface area (Å²) < 4.78 is 42.7. The highest BCUT2D eigenvalue weighted by Gasteiger charge is 2.32. The molecule has 0 fully saturated rings. The molecule has 1 aromatic carbocycles. The standard InChI is InChI=1S/C16H11Cl2F3N2O3/c1-2-25-15(24)13(9-3-5-11(17)6-4-9)23-26-14-12(18)7-10(8-22-14)16(19,20)21/h3-8H,2H2,1H3/b23-13+. The van der Waals surface area contributed by atoms with Crippen molar-refractivity contribution in [2.75, 3.05) is 6.61 Å². The molecule has 0 saturated heterocycles. The van der Waals surface area contributed by atoms with Crippen molar-refractivity contribution in [2.45, 2.75) is 13.1 Å². The minimum atomic E-state index is -4.60. The number of aromatic nitrogens is 1. The third kappa shape index (κ3) is 5.09. The number of benzene rings is 1. The lowest BCUT2D eigenvalue weighted by Crippen LogP contribution is -2.20. The number of carbonyl (C=O) groups is 1. The number of hydrogen-bond donors (Lipinski definition) is 0. The van der Waals surface area contributed by atoms with Crippen molar-refractivity contribution >= 4 is 34.9 Å². The van der Waals surface area contributed by atoms with E-state index >= 15 is 0 Å². The summed E-state index contributed by atoms with van der Waals surface area (Å²) in [4.78, 5) is 20.5. The van der Waals surface area contributed by atoms with Crippen LogP contribution in [0.3, 0.4) is 0 Å². The quantitative estimate of drug-likeness (QED) is 0.408. The maximum absolute atomic E-state index is 12.6. The van der Waals surface area contributed by atoms with E-state index in [0.717, 1.165) is 0 Å².